The third-order valence-corrected chi connectivity index (χ3v) is 2.85. The molecule has 0 N–H and O–H groups in total. The summed E-state index contributed by atoms with van der Waals surface area (Å²) in [5.41, 5.74) is 1.95. The standard InChI is InChI=1S/C14H16N2/c1-11(2)5-7-16-8-6-13-9-12(10-15)3-4-14(13)16/h3-4,6,8-9,11H,5,7H2,1-2H3. The summed E-state index contributed by atoms with van der Waals surface area (Å²) < 4.78 is 2.26. The van der Waals surface area contributed by atoms with Crippen LogP contribution < -0.4 is 0 Å². The molecular formula is C14H16N2. The summed E-state index contributed by atoms with van der Waals surface area (Å²) in [6.07, 6.45) is 3.29. The molecule has 0 aliphatic heterocycles. The molecular weight excluding hydrogens is 196 g/mol. The number of benzene rings is 1. The average molecular weight is 212 g/mol. The van der Waals surface area contributed by atoms with Crippen molar-refractivity contribution >= 4 is 10.9 Å². The highest BCUT2D eigenvalue weighted by Gasteiger charge is 2.02. The van der Waals surface area contributed by atoms with Gasteiger partial charge in [0.25, 0.3) is 0 Å². The molecule has 1 aromatic heterocycles. The molecule has 0 atom stereocenters. The monoisotopic (exact) mass is 212 g/mol. The minimum Gasteiger partial charge on any atom is -0.347 e. The van der Waals surface area contributed by atoms with Gasteiger partial charge in [-0.2, -0.15) is 5.26 Å². The molecule has 0 aliphatic rings. The molecule has 0 amide bonds. The Morgan fingerprint density at radius 3 is 2.81 bits per heavy atom. The van der Waals surface area contributed by atoms with Crippen molar-refractivity contribution in [2.75, 3.05) is 0 Å². The van der Waals surface area contributed by atoms with Gasteiger partial charge in [-0.25, -0.2) is 0 Å². The number of aromatic nitrogens is 1. The van der Waals surface area contributed by atoms with Crippen LogP contribution in [0.3, 0.4) is 0 Å². The van der Waals surface area contributed by atoms with E-state index in [1.807, 2.05) is 18.2 Å². The zero-order valence-corrected chi connectivity index (χ0v) is 9.77. The summed E-state index contributed by atoms with van der Waals surface area (Å²) in [7, 11) is 0. The minimum absolute atomic E-state index is 0.718. The predicted octanol–water partition coefficient (Wildman–Crippen LogP) is 3.56. The second-order valence-electron chi connectivity index (χ2n) is 4.58. The van der Waals surface area contributed by atoms with Gasteiger partial charge in [-0.1, -0.05) is 13.8 Å². The third kappa shape index (κ3) is 2.09. The number of hydrogen-bond acceptors (Lipinski definition) is 1. The van der Waals surface area contributed by atoms with Crippen LogP contribution in [0.2, 0.25) is 0 Å². The number of rotatable bonds is 3. The Balaban J connectivity index is 2.31. The topological polar surface area (TPSA) is 28.7 Å². The fourth-order valence-corrected chi connectivity index (χ4v) is 1.86. The summed E-state index contributed by atoms with van der Waals surface area (Å²) in [4.78, 5) is 0. The molecule has 0 saturated heterocycles. The summed E-state index contributed by atoms with van der Waals surface area (Å²) in [5, 5.41) is 9.98. The van der Waals surface area contributed by atoms with Crippen molar-refractivity contribution in [3.05, 3.63) is 36.0 Å². The van der Waals surface area contributed by atoms with Crippen molar-refractivity contribution in [3.8, 4) is 6.07 Å². The van der Waals surface area contributed by atoms with Crippen LogP contribution in [0, 0.1) is 17.2 Å². The highest BCUT2D eigenvalue weighted by Crippen LogP contribution is 2.18. The van der Waals surface area contributed by atoms with E-state index in [0.29, 0.717) is 0 Å². The molecule has 1 aromatic carbocycles. The molecule has 0 saturated carbocycles. The van der Waals surface area contributed by atoms with Gasteiger partial charge in [0, 0.05) is 23.6 Å². The third-order valence-electron chi connectivity index (χ3n) is 2.85. The molecule has 82 valence electrons. The fourth-order valence-electron chi connectivity index (χ4n) is 1.86. The maximum Gasteiger partial charge on any atom is 0.0991 e. The van der Waals surface area contributed by atoms with Crippen LogP contribution in [-0.4, -0.2) is 4.57 Å². The second-order valence-corrected chi connectivity index (χ2v) is 4.58. The summed E-state index contributed by atoms with van der Waals surface area (Å²) in [5.74, 6) is 0.718. The molecule has 2 rings (SSSR count). The van der Waals surface area contributed by atoms with Crippen molar-refractivity contribution in [1.29, 1.82) is 5.26 Å². The summed E-state index contributed by atoms with van der Waals surface area (Å²) >= 11 is 0. The molecule has 16 heavy (non-hydrogen) atoms. The first-order chi connectivity index (χ1) is 7.70. The Hall–Kier alpha value is -1.75. The van der Waals surface area contributed by atoms with E-state index >= 15 is 0 Å². The highest BCUT2D eigenvalue weighted by atomic mass is 14.9. The van der Waals surface area contributed by atoms with Crippen molar-refractivity contribution in [1.82, 2.24) is 4.57 Å². The number of fused-ring (bicyclic) bond motifs is 1. The van der Waals surface area contributed by atoms with E-state index in [2.05, 4.69) is 36.7 Å². The SMILES string of the molecule is CC(C)CCn1ccc2cc(C#N)ccc21. The van der Waals surface area contributed by atoms with Gasteiger partial charge in [-0.3, -0.25) is 0 Å². The van der Waals surface area contributed by atoms with Gasteiger partial charge in [0.1, 0.15) is 0 Å². The van der Waals surface area contributed by atoms with Crippen LogP contribution in [0.5, 0.6) is 0 Å². The lowest BCUT2D eigenvalue weighted by atomic mass is 10.1. The average Bonchev–Trinajstić information content (AvgIpc) is 2.68. The Morgan fingerprint density at radius 1 is 1.31 bits per heavy atom. The second kappa shape index (κ2) is 4.40. The van der Waals surface area contributed by atoms with Crippen LogP contribution >= 0.6 is 0 Å². The Bertz CT molecular complexity index is 529. The maximum absolute atomic E-state index is 8.82. The van der Waals surface area contributed by atoms with Crippen molar-refractivity contribution in [2.24, 2.45) is 5.92 Å². The molecule has 2 aromatic rings. The molecule has 0 unspecified atom stereocenters. The van der Waals surface area contributed by atoms with Crippen LogP contribution in [0.4, 0.5) is 0 Å². The number of nitriles is 1. The Morgan fingerprint density at radius 2 is 2.12 bits per heavy atom. The fraction of sp³-hybridized carbons (Fsp3) is 0.357. The van der Waals surface area contributed by atoms with E-state index in [1.54, 1.807) is 0 Å². The first-order valence-corrected chi connectivity index (χ1v) is 5.69. The highest BCUT2D eigenvalue weighted by molar-refractivity contribution is 5.81. The first kappa shape index (κ1) is 10.8. The van der Waals surface area contributed by atoms with E-state index < -0.39 is 0 Å². The van der Waals surface area contributed by atoms with Crippen molar-refractivity contribution < 1.29 is 0 Å². The molecule has 0 spiro atoms. The van der Waals surface area contributed by atoms with Gasteiger partial charge in [-0.05, 0) is 36.6 Å². The molecule has 2 heteroatoms. The number of aryl methyl sites for hydroxylation is 1. The molecule has 0 fully saturated rings. The van der Waals surface area contributed by atoms with Crippen LogP contribution in [0.1, 0.15) is 25.8 Å². The molecule has 0 radical (unpaired) electrons. The predicted molar refractivity (Wildman–Crippen MR) is 66.1 cm³/mol. The Kier molecular flexibility index (Phi) is 2.96. The zero-order chi connectivity index (χ0) is 11.5. The Labute approximate surface area is 96.1 Å². The molecule has 1 heterocycles. The summed E-state index contributed by atoms with van der Waals surface area (Å²) in [6.45, 7) is 5.52. The molecule has 2 nitrogen and oxygen atoms in total. The zero-order valence-electron chi connectivity index (χ0n) is 9.77. The van der Waals surface area contributed by atoms with E-state index in [1.165, 1.54) is 11.9 Å². The lowest BCUT2D eigenvalue weighted by Gasteiger charge is -2.07. The quantitative estimate of drug-likeness (QED) is 0.764. The summed E-state index contributed by atoms with van der Waals surface area (Å²) in [6, 6.07) is 10.1. The van der Waals surface area contributed by atoms with Gasteiger partial charge in [0.15, 0.2) is 0 Å². The van der Waals surface area contributed by atoms with Gasteiger partial charge in [0.2, 0.25) is 0 Å². The lowest BCUT2D eigenvalue weighted by Crippen LogP contribution is -1.99. The number of nitrogens with zero attached hydrogens (tertiary/aromatic N) is 2. The van der Waals surface area contributed by atoms with Gasteiger partial charge >= 0.3 is 0 Å². The smallest absolute Gasteiger partial charge is 0.0991 e. The van der Waals surface area contributed by atoms with Gasteiger partial charge < -0.3 is 4.57 Å². The van der Waals surface area contributed by atoms with Crippen molar-refractivity contribution in [3.63, 3.8) is 0 Å². The van der Waals surface area contributed by atoms with Gasteiger partial charge in [-0.15, -0.1) is 0 Å². The molecule has 0 aliphatic carbocycles. The van der Waals surface area contributed by atoms with Crippen LogP contribution in [0.15, 0.2) is 30.5 Å². The lowest BCUT2D eigenvalue weighted by molar-refractivity contribution is 0.524. The van der Waals surface area contributed by atoms with E-state index in [0.717, 1.165) is 23.4 Å². The van der Waals surface area contributed by atoms with E-state index in [9.17, 15) is 0 Å². The number of hydrogen-bond donors (Lipinski definition) is 0. The van der Waals surface area contributed by atoms with E-state index in [4.69, 9.17) is 5.26 Å². The largest absolute Gasteiger partial charge is 0.347 e. The molecule has 0 bridgehead atoms. The van der Waals surface area contributed by atoms with Crippen LogP contribution in [0.25, 0.3) is 10.9 Å². The van der Waals surface area contributed by atoms with Crippen molar-refractivity contribution in [2.45, 2.75) is 26.8 Å². The normalized spacial score (nSPS) is 10.9. The van der Waals surface area contributed by atoms with Gasteiger partial charge in [0.05, 0.1) is 11.6 Å². The minimum atomic E-state index is 0.718. The van der Waals surface area contributed by atoms with Crippen LogP contribution in [-0.2, 0) is 6.54 Å². The first-order valence-electron chi connectivity index (χ1n) is 5.69. The maximum atomic E-state index is 8.82. The van der Waals surface area contributed by atoms with E-state index in [-0.39, 0.29) is 0 Å².